The molecule has 1 amide bonds. The van der Waals surface area contributed by atoms with Crippen molar-refractivity contribution in [3.63, 3.8) is 0 Å². The minimum absolute atomic E-state index is 0.136. The van der Waals surface area contributed by atoms with E-state index >= 15 is 0 Å². The van der Waals surface area contributed by atoms with Crippen molar-refractivity contribution in [2.75, 3.05) is 6.54 Å². The van der Waals surface area contributed by atoms with Crippen LogP contribution in [0, 0.1) is 6.92 Å². The number of fused-ring (bicyclic) bond motifs is 6. The minimum atomic E-state index is 0.136. The molecule has 4 bridgehead atoms. The SMILES string of the molecule is CCN1Cc2nn(C)cc2-c2cnc3c(n2)C(=CC3)c2cn(nc2C)CCCC1=O. The lowest BCUT2D eigenvalue weighted by atomic mass is 10.1. The lowest BCUT2D eigenvalue weighted by Crippen LogP contribution is -2.30. The second-order valence-corrected chi connectivity index (χ2v) is 7.94. The van der Waals surface area contributed by atoms with Gasteiger partial charge in [0, 0.05) is 62.1 Å². The lowest BCUT2D eigenvalue weighted by Gasteiger charge is -2.20. The Hall–Kier alpha value is -3.29. The van der Waals surface area contributed by atoms with Crippen LogP contribution in [0.3, 0.4) is 0 Å². The molecule has 8 heteroatoms. The van der Waals surface area contributed by atoms with Gasteiger partial charge in [0.25, 0.3) is 0 Å². The van der Waals surface area contributed by atoms with E-state index in [0.717, 1.165) is 58.0 Å². The molecule has 0 aromatic carbocycles. The molecule has 0 spiro atoms. The number of rotatable bonds is 1. The van der Waals surface area contributed by atoms with Gasteiger partial charge in [0.05, 0.1) is 41.2 Å². The van der Waals surface area contributed by atoms with Gasteiger partial charge in [-0.2, -0.15) is 10.2 Å². The highest BCUT2D eigenvalue weighted by atomic mass is 16.2. The topological polar surface area (TPSA) is 81.7 Å². The first-order valence-corrected chi connectivity index (χ1v) is 10.4. The first kappa shape index (κ1) is 18.7. The van der Waals surface area contributed by atoms with Crippen molar-refractivity contribution < 1.29 is 4.79 Å². The molecule has 0 N–H and O–H groups in total. The Bertz CT molecular complexity index is 1170. The summed E-state index contributed by atoms with van der Waals surface area (Å²) in [5, 5.41) is 9.31. The molecule has 3 aromatic heterocycles. The van der Waals surface area contributed by atoms with Crippen LogP contribution in [0.5, 0.6) is 0 Å². The van der Waals surface area contributed by atoms with Crippen molar-refractivity contribution in [2.24, 2.45) is 7.05 Å². The van der Waals surface area contributed by atoms with Gasteiger partial charge in [-0.3, -0.25) is 19.1 Å². The molecule has 4 heterocycles. The highest BCUT2D eigenvalue weighted by molar-refractivity contribution is 5.83. The quantitative estimate of drug-likeness (QED) is 0.624. The predicted octanol–water partition coefficient (Wildman–Crippen LogP) is 2.51. The molecule has 0 radical (unpaired) electrons. The molecule has 0 fully saturated rings. The smallest absolute Gasteiger partial charge is 0.222 e. The number of hydrogen-bond acceptors (Lipinski definition) is 5. The third-order valence-corrected chi connectivity index (χ3v) is 5.87. The fraction of sp³-hybridized carbons (Fsp3) is 0.409. The van der Waals surface area contributed by atoms with E-state index in [9.17, 15) is 4.79 Å². The highest BCUT2D eigenvalue weighted by Gasteiger charge is 2.25. The van der Waals surface area contributed by atoms with Crippen molar-refractivity contribution in [1.29, 1.82) is 0 Å². The van der Waals surface area contributed by atoms with E-state index in [1.165, 1.54) is 0 Å². The fourth-order valence-corrected chi connectivity index (χ4v) is 4.31. The molecule has 154 valence electrons. The first-order chi connectivity index (χ1) is 14.5. The maximum Gasteiger partial charge on any atom is 0.222 e. The van der Waals surface area contributed by atoms with Crippen LogP contribution in [0.1, 0.15) is 48.1 Å². The van der Waals surface area contributed by atoms with Gasteiger partial charge < -0.3 is 4.90 Å². The number of allylic oxidation sites excluding steroid dienone is 1. The summed E-state index contributed by atoms with van der Waals surface area (Å²) in [5.41, 5.74) is 7.61. The Balaban J connectivity index is 1.67. The van der Waals surface area contributed by atoms with Crippen molar-refractivity contribution in [3.8, 4) is 11.3 Å². The van der Waals surface area contributed by atoms with Gasteiger partial charge >= 0.3 is 0 Å². The van der Waals surface area contributed by atoms with E-state index in [2.05, 4.69) is 22.5 Å². The van der Waals surface area contributed by atoms with Gasteiger partial charge in [0.2, 0.25) is 5.91 Å². The standard InChI is InChI=1S/C22H25N7O/c1-4-28-13-20-17(11-27(3)26-20)19-10-23-18-8-7-15(22(18)24-19)16-12-29(25-14(16)2)9-5-6-21(28)30/h7,10-12H,4-6,8-9,13H2,1-3H3. The molecular formula is C22H25N7O. The van der Waals surface area contributed by atoms with Crippen LogP contribution < -0.4 is 0 Å². The normalized spacial score (nSPS) is 16.2. The number of aryl methyl sites for hydroxylation is 3. The maximum atomic E-state index is 12.8. The number of aromatic nitrogens is 6. The van der Waals surface area contributed by atoms with E-state index < -0.39 is 0 Å². The number of amides is 1. The van der Waals surface area contributed by atoms with E-state index in [1.54, 1.807) is 4.68 Å². The van der Waals surface area contributed by atoms with Crippen LogP contribution in [0.25, 0.3) is 16.8 Å². The average molecular weight is 403 g/mol. The molecule has 0 atom stereocenters. The molecular weight excluding hydrogens is 378 g/mol. The first-order valence-electron chi connectivity index (χ1n) is 10.4. The van der Waals surface area contributed by atoms with Crippen LogP contribution in [-0.2, 0) is 31.4 Å². The number of nitrogens with zero attached hydrogens (tertiary/aromatic N) is 7. The monoisotopic (exact) mass is 403 g/mol. The van der Waals surface area contributed by atoms with E-state index in [0.29, 0.717) is 26.1 Å². The zero-order valence-electron chi connectivity index (χ0n) is 17.6. The fourth-order valence-electron chi connectivity index (χ4n) is 4.31. The van der Waals surface area contributed by atoms with Gasteiger partial charge in [-0.05, 0) is 20.3 Å². The van der Waals surface area contributed by atoms with Gasteiger partial charge in [-0.25, -0.2) is 4.98 Å². The lowest BCUT2D eigenvalue weighted by molar-refractivity contribution is -0.131. The summed E-state index contributed by atoms with van der Waals surface area (Å²) >= 11 is 0. The molecule has 0 saturated carbocycles. The van der Waals surface area contributed by atoms with Crippen LogP contribution in [0.4, 0.5) is 0 Å². The van der Waals surface area contributed by atoms with Crippen LogP contribution in [0.15, 0.2) is 24.7 Å². The number of carbonyl (C=O) groups is 1. The third kappa shape index (κ3) is 3.12. The zero-order valence-corrected chi connectivity index (χ0v) is 17.6. The summed E-state index contributed by atoms with van der Waals surface area (Å²) in [6.45, 7) is 5.85. The second kappa shape index (κ2) is 7.19. The van der Waals surface area contributed by atoms with Gasteiger partial charge in [-0.15, -0.1) is 0 Å². The summed E-state index contributed by atoms with van der Waals surface area (Å²) in [5.74, 6) is 0.136. The van der Waals surface area contributed by atoms with Crippen molar-refractivity contribution in [3.05, 3.63) is 53.0 Å². The summed E-state index contributed by atoms with van der Waals surface area (Å²) in [6.07, 6.45) is 10.1. The van der Waals surface area contributed by atoms with Crippen molar-refractivity contribution in [1.82, 2.24) is 34.4 Å². The van der Waals surface area contributed by atoms with Crippen LogP contribution in [-0.4, -0.2) is 46.9 Å². The molecule has 0 unspecified atom stereocenters. The Morgan fingerprint density at radius 2 is 2.00 bits per heavy atom. The van der Waals surface area contributed by atoms with Gasteiger partial charge in [-0.1, -0.05) is 6.08 Å². The molecule has 1 aliphatic carbocycles. The van der Waals surface area contributed by atoms with E-state index in [1.807, 2.05) is 42.9 Å². The molecule has 8 nitrogen and oxygen atoms in total. The summed E-state index contributed by atoms with van der Waals surface area (Å²) in [6, 6.07) is 0. The van der Waals surface area contributed by atoms with Crippen LogP contribution in [0.2, 0.25) is 0 Å². The Morgan fingerprint density at radius 3 is 2.83 bits per heavy atom. The molecule has 0 saturated heterocycles. The largest absolute Gasteiger partial charge is 0.337 e. The maximum absolute atomic E-state index is 12.8. The van der Waals surface area contributed by atoms with Crippen LogP contribution >= 0.6 is 0 Å². The molecule has 30 heavy (non-hydrogen) atoms. The minimum Gasteiger partial charge on any atom is -0.337 e. The average Bonchev–Trinajstić information content (AvgIpc) is 3.41. The summed E-state index contributed by atoms with van der Waals surface area (Å²) in [7, 11) is 1.90. The summed E-state index contributed by atoms with van der Waals surface area (Å²) < 4.78 is 3.73. The Morgan fingerprint density at radius 1 is 1.13 bits per heavy atom. The zero-order chi connectivity index (χ0) is 20.8. The second-order valence-electron chi connectivity index (χ2n) is 7.94. The van der Waals surface area contributed by atoms with Gasteiger partial charge in [0.15, 0.2) is 0 Å². The third-order valence-electron chi connectivity index (χ3n) is 5.87. The van der Waals surface area contributed by atoms with Gasteiger partial charge in [0.1, 0.15) is 0 Å². The predicted molar refractivity (Wildman–Crippen MR) is 112 cm³/mol. The Labute approximate surface area is 175 Å². The number of carbonyl (C=O) groups excluding carboxylic acids is 1. The van der Waals surface area contributed by atoms with Crippen molar-refractivity contribution >= 4 is 11.5 Å². The van der Waals surface area contributed by atoms with E-state index in [4.69, 9.17) is 9.97 Å². The molecule has 2 aliphatic rings. The van der Waals surface area contributed by atoms with Crippen molar-refractivity contribution in [2.45, 2.75) is 46.2 Å². The summed E-state index contributed by atoms with van der Waals surface area (Å²) in [4.78, 5) is 24.4. The molecule has 1 aliphatic heterocycles. The highest BCUT2D eigenvalue weighted by Crippen LogP contribution is 2.34. The Kier molecular flexibility index (Phi) is 4.49. The molecule has 3 aromatic rings. The number of hydrogen-bond donors (Lipinski definition) is 0. The van der Waals surface area contributed by atoms with E-state index in [-0.39, 0.29) is 5.91 Å². The molecule has 5 rings (SSSR count).